The van der Waals surface area contributed by atoms with Gasteiger partial charge in [-0.3, -0.25) is 9.59 Å². The van der Waals surface area contributed by atoms with E-state index in [9.17, 15) is 14.7 Å². The van der Waals surface area contributed by atoms with Gasteiger partial charge in [0.15, 0.2) is 5.60 Å². The molecule has 0 saturated carbocycles. The molecule has 0 radical (unpaired) electrons. The Morgan fingerprint density at radius 1 is 1.11 bits per heavy atom. The lowest BCUT2D eigenvalue weighted by Gasteiger charge is -2.25. The lowest BCUT2D eigenvalue weighted by atomic mass is 9.98. The zero-order chi connectivity index (χ0) is 19.3. The third-order valence-corrected chi connectivity index (χ3v) is 5.24. The molecule has 3 N–H and O–H groups in total. The normalized spacial score (nSPS) is 14.1. The van der Waals surface area contributed by atoms with Crippen LogP contribution in [0.3, 0.4) is 0 Å². The van der Waals surface area contributed by atoms with E-state index in [1.54, 1.807) is 31.2 Å². The van der Waals surface area contributed by atoms with Crippen LogP contribution in [0.5, 0.6) is 0 Å². The van der Waals surface area contributed by atoms with Crippen LogP contribution >= 0.6 is 11.3 Å². The lowest BCUT2D eigenvalue weighted by molar-refractivity contribution is -0.140. The maximum atomic E-state index is 12.2. The molecule has 27 heavy (non-hydrogen) atoms. The molecule has 2 aromatic heterocycles. The van der Waals surface area contributed by atoms with Gasteiger partial charge in [-0.05, 0) is 36.1 Å². The van der Waals surface area contributed by atoms with Crippen molar-refractivity contribution < 1.29 is 19.1 Å². The van der Waals surface area contributed by atoms with E-state index < -0.39 is 17.4 Å². The van der Waals surface area contributed by atoms with Gasteiger partial charge in [-0.25, -0.2) is 0 Å². The summed E-state index contributed by atoms with van der Waals surface area (Å²) >= 11 is 1.33. The molecule has 0 unspecified atom stereocenters. The van der Waals surface area contributed by atoms with Crippen LogP contribution in [0.2, 0.25) is 0 Å². The SMILES string of the molecule is C[C@@H](NC(=O)C(=O)NC[C@](O)(c1ccco1)c1cccs1)c1ccccc1. The Morgan fingerprint density at radius 3 is 2.52 bits per heavy atom. The molecule has 0 bridgehead atoms. The molecule has 2 amide bonds. The van der Waals surface area contributed by atoms with E-state index >= 15 is 0 Å². The molecular formula is C20H20N2O4S. The van der Waals surface area contributed by atoms with Crippen LogP contribution in [0, 0.1) is 0 Å². The van der Waals surface area contributed by atoms with Crippen LogP contribution in [0.1, 0.15) is 29.2 Å². The Bertz CT molecular complexity index is 842. The average Bonchev–Trinajstić information content (AvgIpc) is 3.40. The van der Waals surface area contributed by atoms with Gasteiger partial charge >= 0.3 is 11.8 Å². The summed E-state index contributed by atoms with van der Waals surface area (Å²) in [7, 11) is 0. The molecule has 3 aromatic rings. The van der Waals surface area contributed by atoms with E-state index in [0.717, 1.165) is 5.56 Å². The summed E-state index contributed by atoms with van der Waals surface area (Å²) in [5, 5.41) is 18.1. The van der Waals surface area contributed by atoms with Crippen molar-refractivity contribution in [1.29, 1.82) is 0 Å². The van der Waals surface area contributed by atoms with Gasteiger partial charge in [0.05, 0.1) is 18.8 Å². The second kappa shape index (κ2) is 8.20. The first-order chi connectivity index (χ1) is 13.0. The highest BCUT2D eigenvalue weighted by atomic mass is 32.1. The fourth-order valence-electron chi connectivity index (χ4n) is 2.70. The van der Waals surface area contributed by atoms with Gasteiger partial charge < -0.3 is 20.2 Å². The first-order valence-electron chi connectivity index (χ1n) is 8.44. The van der Waals surface area contributed by atoms with Crippen LogP contribution in [-0.4, -0.2) is 23.5 Å². The molecule has 3 rings (SSSR count). The number of furan rings is 1. The highest BCUT2D eigenvalue weighted by molar-refractivity contribution is 7.10. The number of benzene rings is 1. The fourth-order valence-corrected chi connectivity index (χ4v) is 3.53. The number of carbonyl (C=O) groups excluding carboxylic acids is 2. The monoisotopic (exact) mass is 384 g/mol. The van der Waals surface area contributed by atoms with E-state index in [2.05, 4.69) is 10.6 Å². The number of hydrogen-bond donors (Lipinski definition) is 3. The van der Waals surface area contributed by atoms with E-state index in [0.29, 0.717) is 10.6 Å². The minimum atomic E-state index is -1.54. The molecule has 0 saturated heterocycles. The molecule has 0 spiro atoms. The highest BCUT2D eigenvalue weighted by Gasteiger charge is 2.36. The summed E-state index contributed by atoms with van der Waals surface area (Å²) in [6.07, 6.45) is 1.45. The molecule has 2 heterocycles. The molecular weight excluding hydrogens is 364 g/mol. The molecule has 0 aliphatic heterocycles. The first kappa shape index (κ1) is 18.9. The molecule has 0 aliphatic carbocycles. The van der Waals surface area contributed by atoms with Crippen LogP contribution in [0.4, 0.5) is 0 Å². The van der Waals surface area contributed by atoms with Gasteiger partial charge in [-0.15, -0.1) is 11.3 Å². The zero-order valence-corrected chi connectivity index (χ0v) is 15.5. The fraction of sp³-hybridized carbons (Fsp3) is 0.200. The van der Waals surface area contributed by atoms with Crippen LogP contribution in [0.25, 0.3) is 0 Å². The van der Waals surface area contributed by atoms with E-state index in [1.807, 2.05) is 35.7 Å². The van der Waals surface area contributed by atoms with Gasteiger partial charge in [-0.1, -0.05) is 36.4 Å². The van der Waals surface area contributed by atoms with Crippen molar-refractivity contribution in [3.8, 4) is 0 Å². The third kappa shape index (κ3) is 4.27. The quantitative estimate of drug-likeness (QED) is 0.570. The molecule has 7 heteroatoms. The molecule has 140 valence electrons. The third-order valence-electron chi connectivity index (χ3n) is 4.22. The number of amides is 2. The number of thiophene rings is 1. The summed E-state index contributed by atoms with van der Waals surface area (Å²) < 4.78 is 5.34. The minimum Gasteiger partial charge on any atom is -0.466 e. The van der Waals surface area contributed by atoms with Crippen LogP contribution in [-0.2, 0) is 15.2 Å². The van der Waals surface area contributed by atoms with Crippen molar-refractivity contribution in [1.82, 2.24) is 10.6 Å². The van der Waals surface area contributed by atoms with Crippen molar-refractivity contribution in [3.05, 3.63) is 82.4 Å². The van der Waals surface area contributed by atoms with Crippen LogP contribution in [0.15, 0.2) is 70.7 Å². The van der Waals surface area contributed by atoms with Crippen molar-refractivity contribution in [2.24, 2.45) is 0 Å². The molecule has 6 nitrogen and oxygen atoms in total. The largest absolute Gasteiger partial charge is 0.466 e. The number of aliphatic hydroxyl groups is 1. The Hall–Kier alpha value is -2.90. The average molecular weight is 384 g/mol. The molecule has 0 aliphatic rings. The summed E-state index contributed by atoms with van der Waals surface area (Å²) in [5.41, 5.74) is -0.650. The van der Waals surface area contributed by atoms with Crippen molar-refractivity contribution in [3.63, 3.8) is 0 Å². The summed E-state index contributed by atoms with van der Waals surface area (Å²) in [6, 6.07) is 15.9. The second-order valence-corrected chi connectivity index (χ2v) is 7.05. The maximum Gasteiger partial charge on any atom is 0.309 e. The van der Waals surface area contributed by atoms with Crippen molar-refractivity contribution in [2.45, 2.75) is 18.6 Å². The van der Waals surface area contributed by atoms with E-state index in [1.165, 1.54) is 17.6 Å². The number of nitrogens with one attached hydrogen (secondary N) is 2. The van der Waals surface area contributed by atoms with Crippen molar-refractivity contribution >= 4 is 23.2 Å². The zero-order valence-electron chi connectivity index (χ0n) is 14.7. The maximum absolute atomic E-state index is 12.2. The topological polar surface area (TPSA) is 91.6 Å². The predicted molar refractivity (Wildman–Crippen MR) is 102 cm³/mol. The lowest BCUT2D eigenvalue weighted by Crippen LogP contribution is -2.47. The number of hydrogen-bond acceptors (Lipinski definition) is 5. The standard InChI is InChI=1S/C20H20N2O4S/c1-14(15-7-3-2-4-8-15)22-19(24)18(23)21-13-20(25,16-9-5-11-26-16)17-10-6-12-27-17/h2-12,14,25H,13H2,1H3,(H,21,23)(H,22,24)/t14-,20+/m1/s1. The second-order valence-electron chi connectivity index (χ2n) is 6.10. The Kier molecular flexibility index (Phi) is 5.73. The van der Waals surface area contributed by atoms with Gasteiger partial charge in [0.2, 0.25) is 0 Å². The van der Waals surface area contributed by atoms with Crippen LogP contribution < -0.4 is 10.6 Å². The molecule has 2 atom stereocenters. The van der Waals surface area contributed by atoms with E-state index in [4.69, 9.17) is 4.42 Å². The van der Waals surface area contributed by atoms with E-state index in [-0.39, 0.29) is 12.6 Å². The Labute approximate surface area is 160 Å². The number of rotatable bonds is 6. The van der Waals surface area contributed by atoms with Gasteiger partial charge in [0, 0.05) is 4.88 Å². The van der Waals surface area contributed by atoms with Gasteiger partial charge in [0.25, 0.3) is 0 Å². The predicted octanol–water partition coefficient (Wildman–Crippen LogP) is 2.57. The number of carbonyl (C=O) groups is 2. The first-order valence-corrected chi connectivity index (χ1v) is 9.32. The van der Waals surface area contributed by atoms with Gasteiger partial charge in [0.1, 0.15) is 5.76 Å². The summed E-state index contributed by atoms with van der Waals surface area (Å²) in [5.74, 6) is -1.29. The summed E-state index contributed by atoms with van der Waals surface area (Å²) in [4.78, 5) is 25.0. The smallest absolute Gasteiger partial charge is 0.309 e. The molecule has 0 fully saturated rings. The molecule has 1 aromatic carbocycles. The minimum absolute atomic E-state index is 0.188. The summed E-state index contributed by atoms with van der Waals surface area (Å²) in [6.45, 7) is 1.61. The Morgan fingerprint density at radius 2 is 1.89 bits per heavy atom. The van der Waals surface area contributed by atoms with Gasteiger partial charge in [-0.2, -0.15) is 0 Å². The Balaban J connectivity index is 1.65. The van der Waals surface area contributed by atoms with Crippen molar-refractivity contribution in [2.75, 3.05) is 6.54 Å². The highest BCUT2D eigenvalue weighted by Crippen LogP contribution is 2.32.